The summed E-state index contributed by atoms with van der Waals surface area (Å²) in [5.41, 5.74) is 1.21. The Morgan fingerprint density at radius 3 is 2.09 bits per heavy atom. The van der Waals surface area contributed by atoms with Crippen LogP contribution in [0.25, 0.3) is 0 Å². The molecular weight excluding hydrogens is 292 g/mol. The van der Waals surface area contributed by atoms with Gasteiger partial charge in [-0.2, -0.15) is 0 Å². The standard InChI is InChI=1S/C19H26O4/c1-2-3-4-8-15-22-18(20)13-14-19(21)23-16-9-12-17-10-6-5-7-11-17/h5-7,10-11,13-14H,2-4,8-9,12,15-16H2,1H3/b14-13+. The van der Waals surface area contributed by atoms with Crippen molar-refractivity contribution < 1.29 is 19.1 Å². The second-order valence-electron chi connectivity index (χ2n) is 5.32. The van der Waals surface area contributed by atoms with E-state index in [1.165, 1.54) is 5.56 Å². The number of hydrogen-bond acceptors (Lipinski definition) is 4. The van der Waals surface area contributed by atoms with Crippen LogP contribution in [0.3, 0.4) is 0 Å². The molecule has 23 heavy (non-hydrogen) atoms. The number of carbonyl (C=O) groups excluding carboxylic acids is 2. The second kappa shape index (κ2) is 12.4. The molecule has 0 aliphatic heterocycles. The van der Waals surface area contributed by atoms with Gasteiger partial charge in [-0.05, 0) is 24.8 Å². The van der Waals surface area contributed by atoms with E-state index in [2.05, 4.69) is 6.92 Å². The van der Waals surface area contributed by atoms with Crippen LogP contribution in [0.2, 0.25) is 0 Å². The summed E-state index contributed by atoms with van der Waals surface area (Å²) in [5.74, 6) is -1.01. The molecule has 0 fully saturated rings. The molecule has 1 aromatic carbocycles. The summed E-state index contributed by atoms with van der Waals surface area (Å²) in [4.78, 5) is 22.8. The van der Waals surface area contributed by atoms with Crippen molar-refractivity contribution in [3.63, 3.8) is 0 Å². The highest BCUT2D eigenvalue weighted by atomic mass is 16.5. The second-order valence-corrected chi connectivity index (χ2v) is 5.32. The van der Waals surface area contributed by atoms with Gasteiger partial charge in [-0.1, -0.05) is 56.5 Å². The minimum atomic E-state index is -0.513. The summed E-state index contributed by atoms with van der Waals surface area (Å²) in [5, 5.41) is 0. The average molecular weight is 318 g/mol. The molecule has 1 aromatic rings. The van der Waals surface area contributed by atoms with E-state index in [9.17, 15) is 9.59 Å². The molecule has 0 aliphatic rings. The summed E-state index contributed by atoms with van der Waals surface area (Å²) in [6.07, 6.45) is 8.06. The Bertz CT molecular complexity index is 479. The smallest absolute Gasteiger partial charge is 0.331 e. The van der Waals surface area contributed by atoms with Crippen LogP contribution < -0.4 is 0 Å². The molecule has 0 heterocycles. The number of ether oxygens (including phenoxy) is 2. The zero-order valence-electron chi connectivity index (χ0n) is 13.8. The van der Waals surface area contributed by atoms with E-state index < -0.39 is 11.9 Å². The largest absolute Gasteiger partial charge is 0.463 e. The SMILES string of the molecule is CCCCCCOC(=O)/C=C/C(=O)OCCCc1ccccc1. The molecule has 0 saturated carbocycles. The van der Waals surface area contributed by atoms with E-state index in [0.29, 0.717) is 13.2 Å². The van der Waals surface area contributed by atoms with Gasteiger partial charge < -0.3 is 9.47 Å². The summed E-state index contributed by atoms with van der Waals surface area (Å²) in [7, 11) is 0. The molecule has 0 aromatic heterocycles. The molecule has 0 atom stereocenters. The van der Waals surface area contributed by atoms with E-state index in [-0.39, 0.29) is 0 Å². The van der Waals surface area contributed by atoms with Crippen LogP contribution in [0.5, 0.6) is 0 Å². The van der Waals surface area contributed by atoms with Crippen LogP contribution in [0.15, 0.2) is 42.5 Å². The minimum absolute atomic E-state index is 0.337. The van der Waals surface area contributed by atoms with Gasteiger partial charge in [0.1, 0.15) is 0 Å². The molecule has 4 nitrogen and oxygen atoms in total. The van der Waals surface area contributed by atoms with Gasteiger partial charge in [-0.25, -0.2) is 9.59 Å². The monoisotopic (exact) mass is 318 g/mol. The molecule has 126 valence electrons. The van der Waals surface area contributed by atoms with Gasteiger partial charge in [0, 0.05) is 12.2 Å². The van der Waals surface area contributed by atoms with Crippen molar-refractivity contribution in [2.24, 2.45) is 0 Å². The van der Waals surface area contributed by atoms with Gasteiger partial charge in [-0.15, -0.1) is 0 Å². The lowest BCUT2D eigenvalue weighted by Gasteiger charge is -2.03. The van der Waals surface area contributed by atoms with Crippen LogP contribution in [-0.2, 0) is 25.5 Å². The van der Waals surface area contributed by atoms with Crippen molar-refractivity contribution in [3.8, 4) is 0 Å². The number of benzene rings is 1. The Morgan fingerprint density at radius 2 is 1.48 bits per heavy atom. The van der Waals surface area contributed by atoms with Crippen LogP contribution in [0, 0.1) is 0 Å². The maximum absolute atomic E-state index is 11.5. The van der Waals surface area contributed by atoms with Crippen molar-refractivity contribution in [1.82, 2.24) is 0 Å². The first kappa shape index (κ1) is 18.9. The normalized spacial score (nSPS) is 10.7. The van der Waals surface area contributed by atoms with Crippen LogP contribution in [0.4, 0.5) is 0 Å². The van der Waals surface area contributed by atoms with Gasteiger partial charge in [0.2, 0.25) is 0 Å². The summed E-state index contributed by atoms with van der Waals surface area (Å²) < 4.78 is 10.0. The maximum Gasteiger partial charge on any atom is 0.331 e. The van der Waals surface area contributed by atoms with E-state index in [4.69, 9.17) is 9.47 Å². The fourth-order valence-electron chi connectivity index (χ4n) is 2.03. The lowest BCUT2D eigenvalue weighted by atomic mass is 10.1. The molecule has 0 unspecified atom stereocenters. The topological polar surface area (TPSA) is 52.6 Å². The van der Waals surface area contributed by atoms with Crippen molar-refractivity contribution >= 4 is 11.9 Å². The quantitative estimate of drug-likeness (QED) is 0.353. The summed E-state index contributed by atoms with van der Waals surface area (Å²) in [6, 6.07) is 10.0. The first-order valence-electron chi connectivity index (χ1n) is 8.28. The highest BCUT2D eigenvalue weighted by Gasteiger charge is 2.01. The minimum Gasteiger partial charge on any atom is -0.463 e. The van der Waals surface area contributed by atoms with E-state index in [1.807, 2.05) is 30.3 Å². The first-order chi connectivity index (χ1) is 11.2. The number of unbranched alkanes of at least 4 members (excludes halogenated alkanes) is 3. The molecule has 0 aliphatic carbocycles. The van der Waals surface area contributed by atoms with Crippen LogP contribution in [0.1, 0.15) is 44.6 Å². The third-order valence-corrected chi connectivity index (χ3v) is 3.29. The van der Waals surface area contributed by atoms with Gasteiger partial charge in [0.25, 0.3) is 0 Å². The molecule has 1 rings (SSSR count). The van der Waals surface area contributed by atoms with Gasteiger partial charge in [-0.3, -0.25) is 0 Å². The van der Waals surface area contributed by atoms with Gasteiger partial charge in [0.15, 0.2) is 0 Å². The maximum atomic E-state index is 11.5. The Balaban J connectivity index is 2.07. The summed E-state index contributed by atoms with van der Waals surface area (Å²) in [6.45, 7) is 2.86. The third kappa shape index (κ3) is 10.3. The number of esters is 2. The molecule has 0 radical (unpaired) electrons. The fourth-order valence-corrected chi connectivity index (χ4v) is 2.03. The fraction of sp³-hybridized carbons (Fsp3) is 0.474. The number of carbonyl (C=O) groups is 2. The van der Waals surface area contributed by atoms with Crippen LogP contribution in [-0.4, -0.2) is 25.2 Å². The molecule has 0 N–H and O–H groups in total. The molecule has 0 amide bonds. The first-order valence-corrected chi connectivity index (χ1v) is 8.28. The van der Waals surface area contributed by atoms with Crippen molar-refractivity contribution in [1.29, 1.82) is 0 Å². The molecule has 0 bridgehead atoms. The third-order valence-electron chi connectivity index (χ3n) is 3.29. The highest BCUT2D eigenvalue weighted by Crippen LogP contribution is 2.02. The van der Waals surface area contributed by atoms with Crippen molar-refractivity contribution in [2.75, 3.05) is 13.2 Å². The van der Waals surface area contributed by atoms with Crippen molar-refractivity contribution in [3.05, 3.63) is 48.0 Å². The Labute approximate surface area is 138 Å². The van der Waals surface area contributed by atoms with E-state index in [1.54, 1.807) is 0 Å². The van der Waals surface area contributed by atoms with Gasteiger partial charge >= 0.3 is 11.9 Å². The lowest BCUT2D eigenvalue weighted by molar-refractivity contribution is -0.140. The summed E-state index contributed by atoms with van der Waals surface area (Å²) >= 11 is 0. The zero-order chi connectivity index (χ0) is 16.8. The van der Waals surface area contributed by atoms with Crippen LogP contribution >= 0.6 is 0 Å². The molecular formula is C19H26O4. The number of aryl methyl sites for hydroxylation is 1. The van der Waals surface area contributed by atoms with Gasteiger partial charge in [0.05, 0.1) is 13.2 Å². The predicted octanol–water partition coefficient (Wildman–Crippen LogP) is 3.84. The molecule has 0 saturated heterocycles. The average Bonchev–Trinajstić information content (AvgIpc) is 2.57. The number of hydrogen-bond donors (Lipinski definition) is 0. The number of rotatable bonds is 11. The predicted molar refractivity (Wildman–Crippen MR) is 90.0 cm³/mol. The van der Waals surface area contributed by atoms with Crippen molar-refractivity contribution in [2.45, 2.75) is 45.4 Å². The lowest BCUT2D eigenvalue weighted by Crippen LogP contribution is -2.06. The Hall–Kier alpha value is -2.10. The van der Waals surface area contributed by atoms with E-state index >= 15 is 0 Å². The highest BCUT2D eigenvalue weighted by molar-refractivity contribution is 5.91. The Kier molecular flexibility index (Phi) is 10.3. The molecule has 0 spiro atoms. The zero-order valence-corrected chi connectivity index (χ0v) is 13.8. The Morgan fingerprint density at radius 1 is 0.870 bits per heavy atom. The van der Waals surface area contributed by atoms with E-state index in [0.717, 1.165) is 50.7 Å². The molecule has 4 heteroatoms.